The number of anilines is 1. The lowest BCUT2D eigenvalue weighted by Gasteiger charge is -2.22. The normalized spacial score (nSPS) is 25.1. The second-order valence-corrected chi connectivity index (χ2v) is 5.25. The van der Waals surface area contributed by atoms with Crippen LogP contribution in [0.2, 0.25) is 5.15 Å². The first-order valence-corrected chi connectivity index (χ1v) is 6.43. The van der Waals surface area contributed by atoms with Crippen molar-refractivity contribution in [2.75, 3.05) is 11.4 Å². The maximum atomic E-state index is 6.07. The highest BCUT2D eigenvalue weighted by Gasteiger charge is 2.29. The van der Waals surface area contributed by atoms with Gasteiger partial charge < -0.3 is 4.90 Å². The van der Waals surface area contributed by atoms with E-state index in [1.807, 2.05) is 6.07 Å². The number of nitrogens with zero attached hydrogens (tertiary/aromatic N) is 3. The zero-order valence-electron chi connectivity index (χ0n) is 9.49. The van der Waals surface area contributed by atoms with E-state index in [-0.39, 0.29) is 0 Å². The molecule has 0 spiro atoms. The van der Waals surface area contributed by atoms with Gasteiger partial charge in [-0.1, -0.05) is 11.6 Å². The van der Waals surface area contributed by atoms with Gasteiger partial charge in [-0.05, 0) is 32.6 Å². The largest absolute Gasteiger partial charge is 0.354 e. The fourth-order valence-electron chi connectivity index (χ4n) is 2.37. The van der Waals surface area contributed by atoms with Crippen LogP contribution in [0.3, 0.4) is 0 Å². The Morgan fingerprint density at radius 3 is 2.75 bits per heavy atom. The predicted octanol–water partition coefficient (Wildman–Crippen LogP) is 3.00. The Kier molecular flexibility index (Phi) is 2.51. The van der Waals surface area contributed by atoms with E-state index in [9.17, 15) is 0 Å². The maximum absolute atomic E-state index is 6.07. The molecule has 3 rings (SSSR count). The zero-order chi connectivity index (χ0) is 11.1. The predicted molar refractivity (Wildman–Crippen MR) is 65.1 cm³/mol. The van der Waals surface area contributed by atoms with Gasteiger partial charge in [0.25, 0.3) is 0 Å². The summed E-state index contributed by atoms with van der Waals surface area (Å²) in [7, 11) is 0. The van der Waals surface area contributed by atoms with Crippen molar-refractivity contribution in [1.29, 1.82) is 0 Å². The van der Waals surface area contributed by atoms with E-state index in [4.69, 9.17) is 11.6 Å². The van der Waals surface area contributed by atoms with Crippen LogP contribution in [0.1, 0.15) is 44.3 Å². The Bertz CT molecular complexity index is 403. The van der Waals surface area contributed by atoms with Crippen molar-refractivity contribution in [3.63, 3.8) is 0 Å². The molecule has 16 heavy (non-hydrogen) atoms. The van der Waals surface area contributed by atoms with Crippen LogP contribution >= 0.6 is 11.6 Å². The topological polar surface area (TPSA) is 29.0 Å². The monoisotopic (exact) mass is 237 g/mol. The molecule has 0 aromatic carbocycles. The first-order valence-electron chi connectivity index (χ1n) is 6.05. The van der Waals surface area contributed by atoms with Crippen LogP contribution in [-0.4, -0.2) is 22.6 Å². The van der Waals surface area contributed by atoms with E-state index < -0.39 is 0 Å². The van der Waals surface area contributed by atoms with Crippen molar-refractivity contribution < 1.29 is 0 Å². The summed E-state index contributed by atoms with van der Waals surface area (Å²) >= 11 is 6.07. The molecule has 1 atom stereocenters. The summed E-state index contributed by atoms with van der Waals surface area (Å²) in [4.78, 5) is 11.3. The van der Waals surface area contributed by atoms with E-state index in [1.54, 1.807) is 0 Å². The number of halogens is 1. The van der Waals surface area contributed by atoms with E-state index in [1.165, 1.54) is 25.7 Å². The fraction of sp³-hybridized carbons (Fsp3) is 0.667. The van der Waals surface area contributed by atoms with E-state index >= 15 is 0 Å². The Labute approximate surface area is 101 Å². The minimum Gasteiger partial charge on any atom is -0.354 e. The van der Waals surface area contributed by atoms with Gasteiger partial charge in [0.15, 0.2) is 0 Å². The van der Waals surface area contributed by atoms with Crippen LogP contribution in [0.15, 0.2) is 6.07 Å². The number of hydrogen-bond donors (Lipinski definition) is 0. The molecule has 1 aromatic rings. The summed E-state index contributed by atoms with van der Waals surface area (Å²) in [6.45, 7) is 3.35. The van der Waals surface area contributed by atoms with Crippen LogP contribution in [0, 0.1) is 0 Å². The molecule has 1 saturated heterocycles. The zero-order valence-corrected chi connectivity index (χ0v) is 10.2. The van der Waals surface area contributed by atoms with Gasteiger partial charge in [-0.3, -0.25) is 0 Å². The lowest BCUT2D eigenvalue weighted by atomic mass is 10.2. The summed E-state index contributed by atoms with van der Waals surface area (Å²) in [5.41, 5.74) is 0. The molecule has 1 aliphatic heterocycles. The Balaban J connectivity index is 1.93. The Morgan fingerprint density at radius 2 is 2.12 bits per heavy atom. The second-order valence-electron chi connectivity index (χ2n) is 4.87. The van der Waals surface area contributed by atoms with Crippen LogP contribution in [0.4, 0.5) is 5.82 Å². The summed E-state index contributed by atoms with van der Waals surface area (Å²) in [6.07, 6.45) is 4.94. The quantitative estimate of drug-likeness (QED) is 0.741. The Morgan fingerprint density at radius 1 is 1.31 bits per heavy atom. The average molecular weight is 238 g/mol. The molecule has 0 bridgehead atoms. The van der Waals surface area contributed by atoms with Gasteiger partial charge in [-0.2, -0.15) is 0 Å². The molecule has 0 radical (unpaired) electrons. The van der Waals surface area contributed by atoms with Crippen LogP contribution in [0.5, 0.6) is 0 Å². The second kappa shape index (κ2) is 3.88. The van der Waals surface area contributed by atoms with Gasteiger partial charge in [-0.15, -0.1) is 0 Å². The smallest absolute Gasteiger partial charge is 0.135 e. The highest BCUT2D eigenvalue weighted by Crippen LogP contribution is 2.39. The summed E-state index contributed by atoms with van der Waals surface area (Å²) < 4.78 is 0. The number of hydrogen-bond acceptors (Lipinski definition) is 3. The molecular formula is C12H16ClN3. The summed E-state index contributed by atoms with van der Waals surface area (Å²) in [6, 6.07) is 2.48. The summed E-state index contributed by atoms with van der Waals surface area (Å²) in [5, 5.41) is 0.589. The van der Waals surface area contributed by atoms with E-state index in [0.717, 1.165) is 18.2 Å². The third-order valence-corrected chi connectivity index (χ3v) is 3.68. The molecule has 2 heterocycles. The van der Waals surface area contributed by atoms with Gasteiger partial charge in [0.2, 0.25) is 0 Å². The molecule has 86 valence electrons. The first kappa shape index (κ1) is 10.3. The minimum absolute atomic E-state index is 0.565. The molecule has 0 amide bonds. The minimum atomic E-state index is 0.565. The standard InChI is InChI=1S/C12H16ClN3/c1-8-3-2-6-16(8)11-7-10(13)14-12(15-11)9-4-5-9/h7-9H,2-6H2,1H3. The molecular weight excluding hydrogens is 222 g/mol. The third kappa shape index (κ3) is 1.88. The van der Waals surface area contributed by atoms with Gasteiger partial charge in [-0.25, -0.2) is 9.97 Å². The molecule has 1 aliphatic carbocycles. The fourth-order valence-corrected chi connectivity index (χ4v) is 2.55. The molecule has 3 nitrogen and oxygen atoms in total. The van der Waals surface area contributed by atoms with Crippen molar-refractivity contribution in [2.45, 2.75) is 44.6 Å². The van der Waals surface area contributed by atoms with Crippen molar-refractivity contribution in [3.05, 3.63) is 17.0 Å². The lowest BCUT2D eigenvalue weighted by Crippen LogP contribution is -2.27. The molecule has 0 N–H and O–H groups in total. The van der Waals surface area contributed by atoms with E-state index in [0.29, 0.717) is 17.1 Å². The molecule has 1 aromatic heterocycles. The van der Waals surface area contributed by atoms with Crippen LogP contribution in [-0.2, 0) is 0 Å². The van der Waals surface area contributed by atoms with Gasteiger partial charge >= 0.3 is 0 Å². The molecule has 2 aliphatic rings. The number of rotatable bonds is 2. The van der Waals surface area contributed by atoms with Crippen LogP contribution in [0.25, 0.3) is 0 Å². The van der Waals surface area contributed by atoms with Gasteiger partial charge in [0, 0.05) is 24.6 Å². The molecule has 4 heteroatoms. The first-order chi connectivity index (χ1) is 7.74. The SMILES string of the molecule is CC1CCCN1c1cc(Cl)nc(C2CC2)n1. The highest BCUT2D eigenvalue weighted by atomic mass is 35.5. The maximum Gasteiger partial charge on any atom is 0.135 e. The third-order valence-electron chi connectivity index (χ3n) is 3.49. The van der Waals surface area contributed by atoms with Crippen molar-refractivity contribution in [1.82, 2.24) is 9.97 Å². The Hall–Kier alpha value is -0.830. The summed E-state index contributed by atoms with van der Waals surface area (Å²) in [5.74, 6) is 2.53. The molecule has 1 saturated carbocycles. The van der Waals surface area contributed by atoms with E-state index in [2.05, 4.69) is 21.8 Å². The highest BCUT2D eigenvalue weighted by molar-refractivity contribution is 6.29. The van der Waals surface area contributed by atoms with Crippen molar-refractivity contribution in [2.24, 2.45) is 0 Å². The lowest BCUT2D eigenvalue weighted by molar-refractivity contribution is 0.721. The van der Waals surface area contributed by atoms with Gasteiger partial charge in [0.1, 0.15) is 16.8 Å². The molecule has 2 fully saturated rings. The average Bonchev–Trinajstić information content (AvgIpc) is 3.01. The van der Waals surface area contributed by atoms with Gasteiger partial charge in [0.05, 0.1) is 0 Å². The number of aromatic nitrogens is 2. The van der Waals surface area contributed by atoms with Crippen molar-refractivity contribution >= 4 is 17.4 Å². The van der Waals surface area contributed by atoms with Crippen LogP contribution < -0.4 is 4.90 Å². The molecule has 1 unspecified atom stereocenters. The van der Waals surface area contributed by atoms with Crippen molar-refractivity contribution in [3.8, 4) is 0 Å².